The van der Waals surface area contributed by atoms with Gasteiger partial charge in [0.15, 0.2) is 0 Å². The highest BCUT2D eigenvalue weighted by Gasteiger charge is 2.19. The number of hydrogen-bond donors (Lipinski definition) is 3. The van der Waals surface area contributed by atoms with Crippen molar-refractivity contribution in [3.8, 4) is 5.75 Å². The molecule has 0 amide bonds. The fraction of sp³-hybridized carbons (Fsp3) is 0.286. The highest BCUT2D eigenvalue weighted by atomic mass is 19.1. The molecule has 0 unspecified atom stereocenters. The first-order valence-electron chi connectivity index (χ1n) is 6.56. The van der Waals surface area contributed by atoms with Crippen LogP contribution in [0.4, 0.5) is 4.39 Å². The van der Waals surface area contributed by atoms with Crippen LogP contribution >= 0.6 is 0 Å². The minimum atomic E-state index is -0.256. The number of rotatable bonds is 5. The van der Waals surface area contributed by atoms with E-state index in [9.17, 15) is 4.39 Å². The Kier molecular flexibility index (Phi) is 5.14. The van der Waals surface area contributed by atoms with Gasteiger partial charge in [-0.3, -0.25) is 0 Å². The van der Waals surface area contributed by atoms with Crippen molar-refractivity contribution in [2.24, 2.45) is 10.1 Å². The Morgan fingerprint density at radius 2 is 2.38 bits per heavy atom. The average molecular weight is 291 g/mol. The molecule has 0 fully saturated rings. The topological polar surface area (TPSA) is 70.0 Å². The summed E-state index contributed by atoms with van der Waals surface area (Å²) in [6, 6.07) is 3.08. The van der Waals surface area contributed by atoms with Crippen LogP contribution in [0.25, 0.3) is 0 Å². The normalized spacial score (nSPS) is 13.7. The molecule has 0 spiro atoms. The van der Waals surface area contributed by atoms with Crippen LogP contribution in [0.3, 0.4) is 0 Å². The first-order valence-corrected chi connectivity index (χ1v) is 6.56. The van der Waals surface area contributed by atoms with Gasteiger partial charge in [0.25, 0.3) is 0 Å². The van der Waals surface area contributed by atoms with Crippen molar-refractivity contribution in [3.63, 3.8) is 0 Å². The van der Waals surface area contributed by atoms with Gasteiger partial charge in [0, 0.05) is 37.3 Å². The van der Waals surface area contributed by atoms with Crippen molar-refractivity contribution in [2.75, 3.05) is 13.7 Å². The van der Waals surface area contributed by atoms with Crippen molar-refractivity contribution >= 4 is 12.3 Å². The van der Waals surface area contributed by atoms with Gasteiger partial charge in [-0.1, -0.05) is 6.58 Å². The Bertz CT molecular complexity index is 571. The smallest absolute Gasteiger partial charge is 0.201 e. The molecular weight excluding hydrogens is 273 g/mol. The van der Waals surface area contributed by atoms with Crippen molar-refractivity contribution in [1.82, 2.24) is 16.1 Å². The molecule has 1 aromatic carbocycles. The van der Waals surface area contributed by atoms with Crippen LogP contribution in [0.15, 0.2) is 35.0 Å². The lowest BCUT2D eigenvalue weighted by Gasteiger charge is -2.12. The van der Waals surface area contributed by atoms with Gasteiger partial charge < -0.3 is 20.8 Å². The Hall–Kier alpha value is -2.57. The Balaban J connectivity index is 2.08. The summed E-state index contributed by atoms with van der Waals surface area (Å²) in [6.07, 6.45) is 3.54. The van der Waals surface area contributed by atoms with Crippen LogP contribution in [0.1, 0.15) is 11.1 Å². The predicted molar refractivity (Wildman–Crippen MR) is 80.8 cm³/mol. The van der Waals surface area contributed by atoms with Gasteiger partial charge in [-0.05, 0) is 12.1 Å². The lowest BCUT2D eigenvalue weighted by molar-refractivity contribution is 0.356. The fourth-order valence-corrected chi connectivity index (χ4v) is 2.06. The van der Waals surface area contributed by atoms with E-state index >= 15 is 0 Å². The summed E-state index contributed by atoms with van der Waals surface area (Å²) in [7, 11) is 1.68. The van der Waals surface area contributed by atoms with Gasteiger partial charge in [-0.2, -0.15) is 5.10 Å². The SMILES string of the molecule is C=C/N=C(\N/C=N\NC)NCc1c(F)ccc2c1CCO2. The van der Waals surface area contributed by atoms with Crippen LogP contribution in [0.5, 0.6) is 5.75 Å². The molecule has 0 aromatic heterocycles. The maximum absolute atomic E-state index is 14.0. The van der Waals surface area contributed by atoms with Gasteiger partial charge in [0.1, 0.15) is 17.9 Å². The van der Waals surface area contributed by atoms with E-state index in [4.69, 9.17) is 4.74 Å². The predicted octanol–water partition coefficient (Wildman–Crippen LogP) is 1.10. The van der Waals surface area contributed by atoms with Crippen molar-refractivity contribution in [1.29, 1.82) is 0 Å². The molecule has 0 atom stereocenters. The molecule has 7 heteroatoms. The molecule has 1 heterocycles. The van der Waals surface area contributed by atoms with E-state index in [1.54, 1.807) is 13.1 Å². The molecule has 2 rings (SSSR count). The van der Waals surface area contributed by atoms with Crippen LogP contribution in [-0.2, 0) is 13.0 Å². The Morgan fingerprint density at radius 1 is 1.52 bits per heavy atom. The number of nitrogens with zero attached hydrogens (tertiary/aromatic N) is 2. The molecule has 0 aliphatic carbocycles. The molecule has 0 saturated heterocycles. The Labute approximate surface area is 122 Å². The van der Waals surface area contributed by atoms with Crippen LogP contribution in [0, 0.1) is 5.82 Å². The molecule has 21 heavy (non-hydrogen) atoms. The zero-order valence-corrected chi connectivity index (χ0v) is 11.8. The monoisotopic (exact) mass is 291 g/mol. The molecule has 6 nitrogen and oxygen atoms in total. The zero-order valence-electron chi connectivity index (χ0n) is 11.8. The lowest BCUT2D eigenvalue weighted by Crippen LogP contribution is -2.36. The molecule has 112 valence electrons. The maximum atomic E-state index is 14.0. The summed E-state index contributed by atoms with van der Waals surface area (Å²) in [4.78, 5) is 4.02. The standard InChI is InChI=1S/C14H18FN5O/c1-3-17-14(19-9-20-16-2)18-8-11-10-6-7-21-13(10)5-4-12(11)15/h3-5,9,16H,1,6-8H2,2H3,(H2,17,18,19,20). The third-order valence-electron chi connectivity index (χ3n) is 2.99. The largest absolute Gasteiger partial charge is 0.493 e. The molecule has 1 aliphatic heterocycles. The van der Waals surface area contributed by atoms with Crippen LogP contribution in [-0.4, -0.2) is 26.0 Å². The van der Waals surface area contributed by atoms with Crippen molar-refractivity contribution in [2.45, 2.75) is 13.0 Å². The number of hydrogen-bond acceptors (Lipinski definition) is 4. The van der Waals surface area contributed by atoms with E-state index in [2.05, 4.69) is 32.7 Å². The molecule has 1 aliphatic rings. The molecular formula is C14H18FN5O. The van der Waals surface area contributed by atoms with Crippen LogP contribution < -0.4 is 20.8 Å². The van der Waals surface area contributed by atoms with E-state index in [0.717, 1.165) is 11.3 Å². The van der Waals surface area contributed by atoms with E-state index in [-0.39, 0.29) is 5.82 Å². The van der Waals surface area contributed by atoms with Gasteiger partial charge in [0.2, 0.25) is 5.96 Å². The molecule has 0 radical (unpaired) electrons. The summed E-state index contributed by atoms with van der Waals surface area (Å²) < 4.78 is 19.4. The van der Waals surface area contributed by atoms with Crippen molar-refractivity contribution in [3.05, 3.63) is 41.9 Å². The number of nitrogens with one attached hydrogen (secondary N) is 3. The summed E-state index contributed by atoms with van der Waals surface area (Å²) in [5.41, 5.74) is 4.10. The van der Waals surface area contributed by atoms with Gasteiger partial charge in [0.05, 0.1) is 6.61 Å². The summed E-state index contributed by atoms with van der Waals surface area (Å²) in [6.45, 7) is 4.42. The number of aliphatic imine (C=N–C) groups is 1. The minimum absolute atomic E-state index is 0.256. The number of fused-ring (bicyclic) bond motifs is 1. The molecule has 0 saturated carbocycles. The number of hydrazone groups is 1. The fourth-order valence-electron chi connectivity index (χ4n) is 2.06. The number of halogens is 1. The first kappa shape index (κ1) is 14.8. The third kappa shape index (κ3) is 3.71. The second-order valence-electron chi connectivity index (χ2n) is 4.24. The maximum Gasteiger partial charge on any atom is 0.201 e. The van der Waals surface area contributed by atoms with E-state index < -0.39 is 0 Å². The number of guanidine groups is 1. The lowest BCUT2D eigenvalue weighted by atomic mass is 10.0. The number of ether oxygens (including phenoxy) is 1. The zero-order chi connectivity index (χ0) is 15.1. The Morgan fingerprint density at radius 3 is 3.14 bits per heavy atom. The quantitative estimate of drug-likeness (QED) is 0.432. The molecule has 3 N–H and O–H groups in total. The van der Waals surface area contributed by atoms with Gasteiger partial charge in [-0.15, -0.1) is 0 Å². The highest BCUT2D eigenvalue weighted by molar-refractivity contribution is 5.90. The van der Waals surface area contributed by atoms with E-state index in [1.165, 1.54) is 18.6 Å². The van der Waals surface area contributed by atoms with E-state index in [1.807, 2.05) is 0 Å². The van der Waals surface area contributed by atoms with Gasteiger partial charge in [-0.25, -0.2) is 9.38 Å². The summed E-state index contributed by atoms with van der Waals surface area (Å²) >= 11 is 0. The second-order valence-corrected chi connectivity index (χ2v) is 4.24. The minimum Gasteiger partial charge on any atom is -0.493 e. The average Bonchev–Trinajstić information content (AvgIpc) is 2.95. The van der Waals surface area contributed by atoms with Crippen molar-refractivity contribution < 1.29 is 9.13 Å². The summed E-state index contributed by atoms with van der Waals surface area (Å²) in [5, 5.41) is 9.65. The molecule has 1 aromatic rings. The highest BCUT2D eigenvalue weighted by Crippen LogP contribution is 2.29. The summed E-state index contributed by atoms with van der Waals surface area (Å²) in [5.74, 6) is 0.925. The molecule has 0 bridgehead atoms. The van der Waals surface area contributed by atoms with Crippen LogP contribution in [0.2, 0.25) is 0 Å². The van der Waals surface area contributed by atoms with E-state index in [0.29, 0.717) is 31.1 Å². The second kappa shape index (κ2) is 7.28. The third-order valence-corrected chi connectivity index (χ3v) is 2.99. The van der Waals surface area contributed by atoms with Gasteiger partial charge >= 0.3 is 0 Å². The number of benzene rings is 1. The first-order chi connectivity index (χ1) is 10.3.